The molecular formula is C25H20O3. The molecule has 3 nitrogen and oxygen atoms in total. The third-order valence-electron chi connectivity index (χ3n) is 4.02. The molecule has 0 saturated carbocycles. The molecule has 0 fully saturated rings. The molecule has 1 aromatic heterocycles. The van der Waals surface area contributed by atoms with Crippen LogP contribution in [-0.2, 0) is 4.79 Å². The van der Waals surface area contributed by atoms with E-state index in [1.54, 1.807) is 0 Å². The Balaban J connectivity index is 0.000000516. The van der Waals surface area contributed by atoms with Gasteiger partial charge in [0.05, 0.1) is 23.3 Å². The van der Waals surface area contributed by atoms with E-state index in [-0.39, 0.29) is 0 Å². The van der Waals surface area contributed by atoms with Gasteiger partial charge in [-0.25, -0.2) is 4.42 Å². The monoisotopic (exact) mass is 368 g/mol. The summed E-state index contributed by atoms with van der Waals surface area (Å²) in [5.41, 5.74) is 4.49. The summed E-state index contributed by atoms with van der Waals surface area (Å²) in [5, 5.41) is 8.89. The minimum atomic E-state index is -1.08. The molecule has 28 heavy (non-hydrogen) atoms. The van der Waals surface area contributed by atoms with Crippen molar-refractivity contribution in [3.05, 3.63) is 103 Å². The van der Waals surface area contributed by atoms with Crippen LogP contribution in [0.2, 0.25) is 0 Å². The molecule has 0 unspecified atom stereocenters. The molecule has 4 aromatic rings. The highest BCUT2D eigenvalue weighted by Gasteiger charge is 2.20. The van der Waals surface area contributed by atoms with Crippen LogP contribution in [0.25, 0.3) is 33.8 Å². The van der Waals surface area contributed by atoms with E-state index in [4.69, 9.17) is 14.3 Å². The van der Waals surface area contributed by atoms with Crippen LogP contribution in [0.4, 0.5) is 0 Å². The normalized spacial score (nSPS) is 9.89. The third kappa shape index (κ3) is 5.15. The number of carboxylic acid groups (broad SMARTS) is 1. The van der Waals surface area contributed by atoms with Gasteiger partial charge >= 0.3 is 11.5 Å². The molecule has 0 bridgehead atoms. The van der Waals surface area contributed by atoms with E-state index in [1.807, 2.05) is 42.5 Å². The van der Waals surface area contributed by atoms with Crippen LogP contribution in [0.15, 0.2) is 108 Å². The number of benzene rings is 3. The summed E-state index contributed by atoms with van der Waals surface area (Å²) in [7, 11) is 0. The summed E-state index contributed by atoms with van der Waals surface area (Å²) in [4.78, 5) is 8.89. The van der Waals surface area contributed by atoms with Gasteiger partial charge in [-0.1, -0.05) is 66.7 Å². The van der Waals surface area contributed by atoms with Crippen LogP contribution in [0, 0.1) is 0 Å². The van der Waals surface area contributed by atoms with Crippen molar-refractivity contribution in [2.75, 3.05) is 0 Å². The van der Waals surface area contributed by atoms with Crippen LogP contribution in [0.1, 0.15) is 6.92 Å². The molecule has 3 heteroatoms. The van der Waals surface area contributed by atoms with Crippen molar-refractivity contribution < 1.29 is 14.3 Å². The summed E-state index contributed by atoms with van der Waals surface area (Å²) in [6.07, 6.45) is 0. The number of hydrogen-bond donors (Lipinski definition) is 0. The van der Waals surface area contributed by atoms with Crippen LogP contribution in [0.5, 0.6) is 0 Å². The van der Waals surface area contributed by atoms with Gasteiger partial charge in [0, 0.05) is 11.5 Å². The highest BCUT2D eigenvalue weighted by atomic mass is 16.4. The molecule has 0 amide bonds. The molecule has 0 radical (unpaired) electrons. The van der Waals surface area contributed by atoms with Crippen molar-refractivity contribution in [1.82, 2.24) is 0 Å². The zero-order valence-electron chi connectivity index (χ0n) is 15.5. The molecule has 0 aliphatic carbocycles. The van der Waals surface area contributed by atoms with E-state index in [2.05, 4.69) is 60.7 Å². The second-order valence-corrected chi connectivity index (χ2v) is 6.16. The van der Waals surface area contributed by atoms with E-state index in [1.165, 1.54) is 5.56 Å². The molecular weight excluding hydrogens is 348 g/mol. The fourth-order valence-electron chi connectivity index (χ4n) is 2.79. The van der Waals surface area contributed by atoms with Crippen molar-refractivity contribution in [3.63, 3.8) is 0 Å². The van der Waals surface area contributed by atoms with Gasteiger partial charge in [0.25, 0.3) is 0 Å². The van der Waals surface area contributed by atoms with E-state index in [0.29, 0.717) is 0 Å². The molecule has 0 aliphatic rings. The summed E-state index contributed by atoms with van der Waals surface area (Å²) in [6, 6.07) is 35.1. The SMILES string of the molecule is CC(=O)[O-].c1ccc(-c2cc(-c3ccccc3)[o+]c(-c3ccccc3)c2)cc1. The van der Waals surface area contributed by atoms with Crippen molar-refractivity contribution in [2.45, 2.75) is 6.92 Å². The lowest BCUT2D eigenvalue weighted by atomic mass is 10.0. The molecule has 1 heterocycles. The van der Waals surface area contributed by atoms with Crippen LogP contribution in [0.3, 0.4) is 0 Å². The van der Waals surface area contributed by atoms with Gasteiger partial charge in [-0.05, 0) is 36.8 Å². The summed E-state index contributed by atoms with van der Waals surface area (Å²) >= 11 is 0. The van der Waals surface area contributed by atoms with E-state index >= 15 is 0 Å². The number of hydrogen-bond acceptors (Lipinski definition) is 2. The summed E-state index contributed by atoms with van der Waals surface area (Å²) in [5.74, 6) is 0.659. The van der Waals surface area contributed by atoms with Crippen molar-refractivity contribution in [1.29, 1.82) is 0 Å². The first-order valence-corrected chi connectivity index (χ1v) is 8.95. The van der Waals surface area contributed by atoms with Crippen molar-refractivity contribution in [3.8, 4) is 33.8 Å². The molecule has 3 aromatic carbocycles. The van der Waals surface area contributed by atoms with Gasteiger partial charge in [-0.3, -0.25) is 0 Å². The van der Waals surface area contributed by atoms with Gasteiger partial charge in [0.1, 0.15) is 0 Å². The number of carboxylic acids is 1. The van der Waals surface area contributed by atoms with Gasteiger partial charge in [-0.15, -0.1) is 0 Å². The molecule has 0 atom stereocenters. The van der Waals surface area contributed by atoms with Crippen LogP contribution < -0.4 is 5.11 Å². The minimum Gasteiger partial charge on any atom is -0.550 e. The predicted molar refractivity (Wildman–Crippen MR) is 110 cm³/mol. The Morgan fingerprint density at radius 2 is 0.929 bits per heavy atom. The molecule has 138 valence electrons. The van der Waals surface area contributed by atoms with E-state index < -0.39 is 5.97 Å². The molecule has 0 aliphatic heterocycles. The maximum Gasteiger partial charge on any atom is 0.361 e. The molecule has 0 saturated heterocycles. The maximum atomic E-state index is 8.89. The highest BCUT2D eigenvalue weighted by Crippen LogP contribution is 2.32. The topological polar surface area (TPSA) is 51.4 Å². The lowest BCUT2D eigenvalue weighted by molar-refractivity contribution is -0.302. The smallest absolute Gasteiger partial charge is 0.361 e. The fraction of sp³-hybridized carbons (Fsp3) is 0.0400. The zero-order chi connectivity index (χ0) is 19.8. The Morgan fingerprint density at radius 3 is 1.29 bits per heavy atom. The van der Waals surface area contributed by atoms with Crippen molar-refractivity contribution >= 4 is 5.97 Å². The zero-order valence-corrected chi connectivity index (χ0v) is 15.5. The van der Waals surface area contributed by atoms with Gasteiger partial charge < -0.3 is 9.90 Å². The van der Waals surface area contributed by atoms with Crippen LogP contribution >= 0.6 is 0 Å². The molecule has 0 N–H and O–H groups in total. The average molecular weight is 368 g/mol. The first-order valence-electron chi connectivity index (χ1n) is 8.95. The standard InChI is InChI=1S/C23H17O.C2H4O2/c1-4-10-18(11-5-1)21-16-22(19-12-6-2-7-13-19)24-23(17-21)20-14-8-3-9-15-20;1-2(3)4/h1-17H;1H3,(H,3,4)/q+1;/p-1. The second-order valence-electron chi connectivity index (χ2n) is 6.16. The number of carbonyl (C=O) groups excluding carboxylic acids is 1. The number of rotatable bonds is 3. The van der Waals surface area contributed by atoms with Crippen LogP contribution in [-0.4, -0.2) is 5.97 Å². The predicted octanol–water partition coefficient (Wildman–Crippen LogP) is 5.32. The first kappa shape index (κ1) is 19.1. The largest absolute Gasteiger partial charge is 0.550 e. The lowest BCUT2D eigenvalue weighted by Gasteiger charge is -2.02. The van der Waals surface area contributed by atoms with E-state index in [9.17, 15) is 0 Å². The average Bonchev–Trinajstić information content (AvgIpc) is 2.75. The number of carbonyl (C=O) groups is 1. The number of aliphatic carboxylic acids is 1. The lowest BCUT2D eigenvalue weighted by Crippen LogP contribution is -2.16. The van der Waals surface area contributed by atoms with Gasteiger partial charge in [-0.2, -0.15) is 0 Å². The maximum absolute atomic E-state index is 8.89. The van der Waals surface area contributed by atoms with Crippen molar-refractivity contribution in [2.24, 2.45) is 0 Å². The Labute approximate surface area is 164 Å². The second kappa shape index (κ2) is 9.28. The highest BCUT2D eigenvalue weighted by molar-refractivity contribution is 5.74. The van der Waals surface area contributed by atoms with E-state index in [0.717, 1.165) is 35.1 Å². The first-order chi connectivity index (χ1) is 13.6. The Kier molecular flexibility index (Phi) is 6.32. The summed E-state index contributed by atoms with van der Waals surface area (Å²) < 4.78 is 6.21. The quantitative estimate of drug-likeness (QED) is 0.460. The Hall–Kier alpha value is -3.72. The fourth-order valence-corrected chi connectivity index (χ4v) is 2.79. The third-order valence-corrected chi connectivity index (χ3v) is 4.02. The molecule has 0 spiro atoms. The Morgan fingerprint density at radius 1 is 0.607 bits per heavy atom. The summed E-state index contributed by atoms with van der Waals surface area (Å²) in [6.45, 7) is 0.972. The minimum absolute atomic E-state index is 0.871. The van der Waals surface area contributed by atoms with Gasteiger partial charge in [0.15, 0.2) is 0 Å². The Bertz CT molecular complexity index is 883. The molecule has 4 rings (SSSR count). The van der Waals surface area contributed by atoms with Gasteiger partial charge in [0.2, 0.25) is 0 Å².